The van der Waals surface area contributed by atoms with Gasteiger partial charge in [0.15, 0.2) is 0 Å². The average Bonchev–Trinajstić information content (AvgIpc) is 2.33. The molecule has 0 unspecified atom stereocenters. The second kappa shape index (κ2) is 4.38. The summed E-state index contributed by atoms with van der Waals surface area (Å²) in [6.07, 6.45) is 0.217. The van der Waals surface area contributed by atoms with E-state index >= 15 is 0 Å². The van der Waals surface area contributed by atoms with Gasteiger partial charge in [0.05, 0.1) is 12.5 Å². The highest BCUT2D eigenvalue weighted by Gasteiger charge is 2.01. The predicted molar refractivity (Wildman–Crippen MR) is 62.7 cm³/mol. The summed E-state index contributed by atoms with van der Waals surface area (Å²) in [6.45, 7) is 0. The van der Waals surface area contributed by atoms with E-state index in [4.69, 9.17) is 5.26 Å². The fourth-order valence-corrected chi connectivity index (χ4v) is 1.57. The van der Waals surface area contributed by atoms with Crippen molar-refractivity contribution in [3.8, 4) is 23.7 Å². The van der Waals surface area contributed by atoms with E-state index in [9.17, 15) is 5.11 Å². The van der Waals surface area contributed by atoms with Crippen molar-refractivity contribution in [1.29, 1.82) is 5.26 Å². The lowest BCUT2D eigenvalue weighted by atomic mass is 10.0. The van der Waals surface area contributed by atoms with Crippen LogP contribution in [0.5, 0.6) is 5.75 Å². The van der Waals surface area contributed by atoms with Gasteiger partial charge in [0, 0.05) is 16.3 Å². The third-order valence-corrected chi connectivity index (χ3v) is 2.29. The zero-order valence-corrected chi connectivity index (χ0v) is 8.57. The van der Waals surface area contributed by atoms with Gasteiger partial charge in [0.1, 0.15) is 5.75 Å². The number of benzene rings is 2. The third kappa shape index (κ3) is 1.82. The molecule has 16 heavy (non-hydrogen) atoms. The number of fused-ring (bicyclic) bond motifs is 1. The second-order valence-corrected chi connectivity index (χ2v) is 3.31. The standard InChI is InChI=1S/C14H9NO/c15-10-4-3-5-11-8-9-14(16)13-7-2-1-6-12(11)13/h1-2,6-9,16H,4H2. The third-order valence-electron chi connectivity index (χ3n) is 2.29. The first-order valence-corrected chi connectivity index (χ1v) is 4.89. The highest BCUT2D eigenvalue weighted by molar-refractivity contribution is 5.92. The van der Waals surface area contributed by atoms with Crippen LogP contribution in [0.3, 0.4) is 0 Å². The van der Waals surface area contributed by atoms with E-state index in [1.54, 1.807) is 12.1 Å². The number of nitriles is 1. The molecule has 2 rings (SSSR count). The first kappa shape index (κ1) is 10.1. The molecule has 0 heterocycles. The minimum Gasteiger partial charge on any atom is -0.507 e. The maximum Gasteiger partial charge on any atom is 0.123 e. The van der Waals surface area contributed by atoms with Crippen LogP contribution in [-0.4, -0.2) is 5.11 Å². The van der Waals surface area contributed by atoms with Crippen LogP contribution in [0.4, 0.5) is 0 Å². The normalized spacial score (nSPS) is 9.19. The molecule has 0 bridgehead atoms. The molecule has 0 aliphatic carbocycles. The molecule has 0 atom stereocenters. The summed E-state index contributed by atoms with van der Waals surface area (Å²) in [5.74, 6) is 5.95. The van der Waals surface area contributed by atoms with Crippen molar-refractivity contribution in [1.82, 2.24) is 0 Å². The van der Waals surface area contributed by atoms with Crippen molar-refractivity contribution in [2.75, 3.05) is 0 Å². The van der Waals surface area contributed by atoms with E-state index < -0.39 is 0 Å². The van der Waals surface area contributed by atoms with Crippen LogP contribution >= 0.6 is 0 Å². The summed E-state index contributed by atoms with van der Waals surface area (Å²) >= 11 is 0. The molecule has 2 aromatic carbocycles. The van der Waals surface area contributed by atoms with Crippen LogP contribution in [0.1, 0.15) is 12.0 Å². The SMILES string of the molecule is N#CCC#Cc1ccc(O)c2ccccc12. The van der Waals surface area contributed by atoms with Crippen molar-refractivity contribution >= 4 is 10.8 Å². The topological polar surface area (TPSA) is 44.0 Å². The van der Waals surface area contributed by atoms with Gasteiger partial charge in [-0.2, -0.15) is 5.26 Å². The summed E-state index contributed by atoms with van der Waals surface area (Å²) in [6, 6.07) is 12.9. The Morgan fingerprint density at radius 2 is 1.81 bits per heavy atom. The monoisotopic (exact) mass is 207 g/mol. The highest BCUT2D eigenvalue weighted by Crippen LogP contribution is 2.26. The van der Waals surface area contributed by atoms with Gasteiger partial charge in [-0.15, -0.1) is 0 Å². The number of phenolic OH excluding ortho intramolecular Hbond substituents is 1. The van der Waals surface area contributed by atoms with Gasteiger partial charge >= 0.3 is 0 Å². The minimum absolute atomic E-state index is 0.217. The molecule has 0 aliphatic rings. The number of hydrogen-bond donors (Lipinski definition) is 1. The Labute approximate surface area is 93.8 Å². The molecule has 0 amide bonds. The molecule has 2 nitrogen and oxygen atoms in total. The summed E-state index contributed by atoms with van der Waals surface area (Å²) in [5, 5.41) is 19.8. The summed E-state index contributed by atoms with van der Waals surface area (Å²) in [5.41, 5.74) is 0.837. The minimum atomic E-state index is 0.217. The van der Waals surface area contributed by atoms with E-state index in [-0.39, 0.29) is 12.2 Å². The molecule has 0 saturated heterocycles. The first-order valence-electron chi connectivity index (χ1n) is 4.89. The van der Waals surface area contributed by atoms with E-state index in [0.717, 1.165) is 16.3 Å². The number of rotatable bonds is 0. The van der Waals surface area contributed by atoms with Gasteiger partial charge in [-0.05, 0) is 12.1 Å². The van der Waals surface area contributed by atoms with Gasteiger partial charge in [0.25, 0.3) is 0 Å². The van der Waals surface area contributed by atoms with Gasteiger partial charge in [0.2, 0.25) is 0 Å². The van der Waals surface area contributed by atoms with Crippen molar-refractivity contribution in [2.24, 2.45) is 0 Å². The van der Waals surface area contributed by atoms with Crippen LogP contribution in [0.15, 0.2) is 36.4 Å². The number of aromatic hydroxyl groups is 1. The summed E-state index contributed by atoms with van der Waals surface area (Å²) in [4.78, 5) is 0. The maximum absolute atomic E-state index is 9.67. The van der Waals surface area contributed by atoms with Crippen LogP contribution in [0.25, 0.3) is 10.8 Å². The lowest BCUT2D eigenvalue weighted by Gasteiger charge is -2.02. The predicted octanol–water partition coefficient (Wildman–Crippen LogP) is 2.81. The van der Waals surface area contributed by atoms with Gasteiger partial charge in [-0.25, -0.2) is 0 Å². The second-order valence-electron chi connectivity index (χ2n) is 3.31. The van der Waals surface area contributed by atoms with Crippen LogP contribution in [-0.2, 0) is 0 Å². The molecule has 0 radical (unpaired) electrons. The first-order chi connectivity index (χ1) is 7.83. The Bertz CT molecular complexity index is 626. The molecular formula is C14H9NO. The largest absolute Gasteiger partial charge is 0.507 e. The molecule has 0 fully saturated rings. The Morgan fingerprint density at radius 1 is 1.06 bits per heavy atom. The summed E-state index contributed by atoms with van der Waals surface area (Å²) in [7, 11) is 0. The molecule has 0 spiro atoms. The molecule has 76 valence electrons. The van der Waals surface area contributed by atoms with Gasteiger partial charge in [-0.1, -0.05) is 36.1 Å². The molecular weight excluding hydrogens is 198 g/mol. The van der Waals surface area contributed by atoms with E-state index in [1.807, 2.05) is 30.3 Å². The molecule has 2 heteroatoms. The quantitative estimate of drug-likeness (QED) is 0.675. The summed E-state index contributed by atoms with van der Waals surface area (Å²) < 4.78 is 0. The van der Waals surface area contributed by atoms with Crippen LogP contribution in [0.2, 0.25) is 0 Å². The van der Waals surface area contributed by atoms with Gasteiger partial charge < -0.3 is 5.11 Å². The Balaban J connectivity index is 2.61. The average molecular weight is 207 g/mol. The lowest BCUT2D eigenvalue weighted by molar-refractivity contribution is 0.481. The van der Waals surface area contributed by atoms with E-state index in [2.05, 4.69) is 11.8 Å². The molecule has 0 aromatic heterocycles. The number of nitrogens with zero attached hydrogens (tertiary/aromatic N) is 1. The molecule has 0 saturated carbocycles. The molecule has 0 aliphatic heterocycles. The zero-order chi connectivity index (χ0) is 11.4. The van der Waals surface area contributed by atoms with Crippen molar-refractivity contribution in [3.05, 3.63) is 42.0 Å². The fraction of sp³-hybridized carbons (Fsp3) is 0.0714. The Morgan fingerprint density at radius 3 is 2.56 bits per heavy atom. The van der Waals surface area contributed by atoms with Crippen molar-refractivity contribution in [2.45, 2.75) is 6.42 Å². The lowest BCUT2D eigenvalue weighted by Crippen LogP contribution is -1.80. The Kier molecular flexibility index (Phi) is 2.76. The zero-order valence-electron chi connectivity index (χ0n) is 8.57. The Hall–Kier alpha value is -2.45. The number of hydrogen-bond acceptors (Lipinski definition) is 2. The van der Waals surface area contributed by atoms with E-state index in [0.29, 0.717) is 0 Å². The molecule has 2 aromatic rings. The van der Waals surface area contributed by atoms with Crippen molar-refractivity contribution in [3.63, 3.8) is 0 Å². The smallest absolute Gasteiger partial charge is 0.123 e. The molecule has 1 N–H and O–H groups in total. The van der Waals surface area contributed by atoms with Crippen LogP contribution in [0, 0.1) is 23.2 Å². The van der Waals surface area contributed by atoms with Crippen LogP contribution < -0.4 is 0 Å². The maximum atomic E-state index is 9.67. The highest BCUT2D eigenvalue weighted by atomic mass is 16.3. The fourth-order valence-electron chi connectivity index (χ4n) is 1.57. The number of phenols is 1. The van der Waals surface area contributed by atoms with Gasteiger partial charge in [-0.3, -0.25) is 0 Å². The van der Waals surface area contributed by atoms with E-state index in [1.165, 1.54) is 0 Å². The van der Waals surface area contributed by atoms with Crippen molar-refractivity contribution < 1.29 is 5.11 Å².